The number of hydrogen-bond donors (Lipinski definition) is 0. The molecule has 0 N–H and O–H groups in total. The summed E-state index contributed by atoms with van der Waals surface area (Å²) in [5.41, 5.74) is 28.4. The fourth-order valence-corrected chi connectivity index (χ4v) is 14.8. The number of fused-ring (bicyclic) bond motifs is 11. The molecule has 0 saturated carbocycles. The van der Waals surface area contributed by atoms with Crippen LogP contribution in [-0.4, -0.2) is 28.2 Å². The molecule has 0 aromatic heterocycles. The van der Waals surface area contributed by atoms with Crippen LogP contribution in [0.15, 0.2) is 279 Å². The molecule has 0 fully saturated rings. The van der Waals surface area contributed by atoms with Crippen molar-refractivity contribution >= 4 is 114 Å². The van der Waals surface area contributed by atoms with E-state index in [1.807, 2.05) is 0 Å². The Balaban J connectivity index is 1.03. The second-order valence-electron chi connectivity index (χ2n) is 22.8. The maximum Gasteiger partial charge on any atom is 0.0716 e. The van der Waals surface area contributed by atoms with Crippen LogP contribution in [0.1, 0.15) is 22.3 Å². The van der Waals surface area contributed by atoms with Gasteiger partial charge in [-0.05, 0) is 167 Å². The maximum absolute atomic E-state index is 2.52. The van der Waals surface area contributed by atoms with E-state index in [4.69, 9.17) is 0 Å². The first-order valence-electron chi connectivity index (χ1n) is 29.2. The number of anilines is 20. The molecule has 5 aliphatic rings. The maximum atomic E-state index is 2.52. The largest absolute Gasteiger partial charge is 0.341 e. The number of para-hydroxylation sites is 16. The summed E-state index contributed by atoms with van der Waals surface area (Å²) >= 11 is 0. The standard InChI is InChI=1S/C77H58N8/c1-78-61-29-9-17-37-69(61)82(70-38-18-10-30-62(70)78)53-45-51(46-54(49-53)83-71-39-19-11-31-63(71)79(2)64-32-12-20-40-72(64)83)77(59-27-7-5-25-57(59)58-26-6-8-28-60(58)77)52-47-55(84-73-41-21-13-33-65(73)80(3)66-34-14-22-42-74(66)84)50-56(48-52)85-75-43-23-15-35-67(75)81(4)68-36-16-24-44-76(68)85/h5-50H,1-4H3. The number of nitrogens with zero attached hydrogens (tertiary/aromatic N) is 8. The molecule has 4 aliphatic heterocycles. The van der Waals surface area contributed by atoms with Gasteiger partial charge >= 0.3 is 0 Å². The topological polar surface area (TPSA) is 25.9 Å². The Bertz CT molecular complexity index is 3990. The highest BCUT2D eigenvalue weighted by atomic mass is 15.3. The third kappa shape index (κ3) is 6.91. The summed E-state index contributed by atoms with van der Waals surface area (Å²) in [6.45, 7) is 0. The average molecular weight is 1100 g/mol. The lowest BCUT2D eigenvalue weighted by molar-refractivity contribution is 0.768. The van der Waals surface area contributed by atoms with Gasteiger partial charge in [-0.15, -0.1) is 0 Å². The van der Waals surface area contributed by atoms with Crippen molar-refractivity contribution in [2.24, 2.45) is 0 Å². The fraction of sp³-hybridized carbons (Fsp3) is 0.0649. The molecule has 0 spiro atoms. The zero-order valence-corrected chi connectivity index (χ0v) is 47.6. The quantitative estimate of drug-likeness (QED) is 0.163. The lowest BCUT2D eigenvalue weighted by Gasteiger charge is -2.43. The molecule has 0 unspecified atom stereocenters. The van der Waals surface area contributed by atoms with Crippen molar-refractivity contribution in [3.05, 3.63) is 301 Å². The molecule has 12 aromatic carbocycles. The molecule has 85 heavy (non-hydrogen) atoms. The van der Waals surface area contributed by atoms with Gasteiger partial charge in [-0.1, -0.05) is 146 Å². The van der Waals surface area contributed by atoms with E-state index in [0.29, 0.717) is 0 Å². The fourth-order valence-electron chi connectivity index (χ4n) is 14.8. The Morgan fingerprint density at radius 2 is 0.376 bits per heavy atom. The van der Waals surface area contributed by atoms with Crippen LogP contribution in [0.2, 0.25) is 0 Å². The van der Waals surface area contributed by atoms with Crippen molar-refractivity contribution in [1.82, 2.24) is 0 Å². The molecule has 0 atom stereocenters. The highest BCUT2D eigenvalue weighted by Gasteiger charge is 2.48. The number of benzene rings is 12. The minimum absolute atomic E-state index is 0.919. The molecule has 8 heteroatoms. The number of hydrogen-bond acceptors (Lipinski definition) is 8. The molecular weight excluding hydrogens is 1040 g/mol. The highest BCUT2D eigenvalue weighted by molar-refractivity contribution is 6.05. The molecule has 406 valence electrons. The molecule has 1 aliphatic carbocycles. The van der Waals surface area contributed by atoms with Gasteiger partial charge in [0, 0.05) is 50.9 Å². The molecule has 0 radical (unpaired) electrons. The second-order valence-corrected chi connectivity index (χ2v) is 22.8. The third-order valence-corrected chi connectivity index (χ3v) is 18.5. The van der Waals surface area contributed by atoms with E-state index in [2.05, 4.69) is 346 Å². The summed E-state index contributed by atoms with van der Waals surface area (Å²) < 4.78 is 0. The zero-order chi connectivity index (χ0) is 56.7. The van der Waals surface area contributed by atoms with E-state index >= 15 is 0 Å². The smallest absolute Gasteiger partial charge is 0.0716 e. The second kappa shape index (κ2) is 18.5. The van der Waals surface area contributed by atoms with Crippen molar-refractivity contribution in [2.45, 2.75) is 5.41 Å². The molecule has 0 amide bonds. The predicted molar refractivity (Wildman–Crippen MR) is 355 cm³/mol. The van der Waals surface area contributed by atoms with Crippen LogP contribution in [0, 0.1) is 0 Å². The first-order chi connectivity index (χ1) is 41.9. The molecule has 17 rings (SSSR count). The Kier molecular flexibility index (Phi) is 10.6. The minimum atomic E-state index is -0.919. The summed E-state index contributed by atoms with van der Waals surface area (Å²) in [4.78, 5) is 19.4. The number of rotatable bonds is 6. The van der Waals surface area contributed by atoms with Gasteiger partial charge in [-0.3, -0.25) is 0 Å². The Morgan fingerprint density at radius 1 is 0.200 bits per heavy atom. The van der Waals surface area contributed by atoms with Crippen LogP contribution in [-0.2, 0) is 5.41 Å². The van der Waals surface area contributed by atoms with Crippen molar-refractivity contribution in [1.29, 1.82) is 0 Å². The van der Waals surface area contributed by atoms with Crippen LogP contribution in [0.3, 0.4) is 0 Å². The zero-order valence-electron chi connectivity index (χ0n) is 47.6. The van der Waals surface area contributed by atoms with E-state index in [0.717, 1.165) is 125 Å². The molecule has 0 bridgehead atoms. The van der Waals surface area contributed by atoms with Crippen LogP contribution in [0.25, 0.3) is 11.1 Å². The lowest BCUT2D eigenvalue weighted by atomic mass is 9.67. The summed E-state index contributed by atoms with van der Waals surface area (Å²) in [5.74, 6) is 0. The van der Waals surface area contributed by atoms with E-state index in [1.54, 1.807) is 0 Å². The SMILES string of the molecule is CN1c2ccccc2N(c2cc(N3c4ccccc4N(C)c4ccccc43)cc(C3(c4cc(N5c6ccccc6N(C)c6ccccc65)cc(N5c6ccccc6N(C)c6ccccc65)c4)c4ccccc4-c4ccccc43)c2)c2ccccc21. The molecule has 4 heterocycles. The summed E-state index contributed by atoms with van der Waals surface area (Å²) in [7, 11) is 8.76. The van der Waals surface area contributed by atoms with Gasteiger partial charge in [0.15, 0.2) is 0 Å². The highest BCUT2D eigenvalue weighted by Crippen LogP contribution is 2.63. The van der Waals surface area contributed by atoms with Gasteiger partial charge in [0.1, 0.15) is 0 Å². The third-order valence-electron chi connectivity index (χ3n) is 18.5. The van der Waals surface area contributed by atoms with E-state index in [9.17, 15) is 0 Å². The molecule has 12 aromatic rings. The van der Waals surface area contributed by atoms with Gasteiger partial charge in [0.2, 0.25) is 0 Å². The van der Waals surface area contributed by atoms with Crippen molar-refractivity contribution in [3.63, 3.8) is 0 Å². The first kappa shape index (κ1) is 48.7. The van der Waals surface area contributed by atoms with E-state index < -0.39 is 5.41 Å². The minimum Gasteiger partial charge on any atom is -0.341 e. The molecular formula is C77H58N8. The Labute approximate surface area is 496 Å². The molecule has 0 saturated heterocycles. The summed E-state index contributed by atoms with van der Waals surface area (Å²) in [6.07, 6.45) is 0. The van der Waals surface area contributed by atoms with Gasteiger partial charge in [-0.2, -0.15) is 0 Å². The van der Waals surface area contributed by atoms with Crippen molar-refractivity contribution in [3.8, 4) is 11.1 Å². The van der Waals surface area contributed by atoms with Gasteiger partial charge in [0.25, 0.3) is 0 Å². The van der Waals surface area contributed by atoms with Gasteiger partial charge < -0.3 is 39.2 Å². The van der Waals surface area contributed by atoms with E-state index in [1.165, 1.54) is 22.3 Å². The normalized spacial score (nSPS) is 14.5. The van der Waals surface area contributed by atoms with E-state index in [-0.39, 0.29) is 0 Å². The van der Waals surface area contributed by atoms with Crippen LogP contribution in [0.4, 0.5) is 114 Å². The van der Waals surface area contributed by atoms with Crippen molar-refractivity contribution in [2.75, 3.05) is 67.4 Å². The van der Waals surface area contributed by atoms with Crippen molar-refractivity contribution < 1.29 is 0 Å². The Hall–Kier alpha value is -11.0. The van der Waals surface area contributed by atoms with Gasteiger partial charge in [-0.25, -0.2) is 0 Å². The average Bonchev–Trinajstić information content (AvgIpc) is 1.79. The lowest BCUT2D eigenvalue weighted by Crippen LogP contribution is -2.31. The first-order valence-corrected chi connectivity index (χ1v) is 29.2. The molecule has 8 nitrogen and oxygen atoms in total. The van der Waals surface area contributed by atoms with Crippen LogP contribution in [0.5, 0.6) is 0 Å². The van der Waals surface area contributed by atoms with Gasteiger partial charge in [0.05, 0.1) is 96.4 Å². The monoisotopic (exact) mass is 1090 g/mol. The van der Waals surface area contributed by atoms with Crippen LogP contribution < -0.4 is 39.2 Å². The summed E-state index contributed by atoms with van der Waals surface area (Å²) in [6, 6.07) is 104. The summed E-state index contributed by atoms with van der Waals surface area (Å²) in [5, 5.41) is 0. The Morgan fingerprint density at radius 3 is 0.588 bits per heavy atom. The van der Waals surface area contributed by atoms with Crippen LogP contribution >= 0.6 is 0 Å². The predicted octanol–water partition coefficient (Wildman–Crippen LogP) is 20.3.